The van der Waals surface area contributed by atoms with E-state index in [0.29, 0.717) is 77.2 Å². The molecule has 0 spiro atoms. The molecule has 2 aliphatic heterocycles. The molecule has 0 aliphatic carbocycles. The Kier molecular flexibility index (Phi) is 7.88. The van der Waals surface area contributed by atoms with E-state index in [0.717, 1.165) is 12.5 Å². The zero-order valence-corrected chi connectivity index (χ0v) is 23.8. The van der Waals surface area contributed by atoms with Crippen LogP contribution in [-0.2, 0) is 43.6 Å². The molecule has 3 aromatic heterocycles. The lowest BCUT2D eigenvalue weighted by atomic mass is 10.0. The number of carboxylic acids is 1. The highest BCUT2D eigenvalue weighted by Gasteiger charge is 2.37. The molecule has 14 heteroatoms. The molecule has 1 aromatic carbocycles. The zero-order valence-electron chi connectivity index (χ0n) is 23.0. The van der Waals surface area contributed by atoms with Gasteiger partial charge in [-0.25, -0.2) is 19.7 Å². The maximum atomic E-state index is 14.0. The first-order valence-electron chi connectivity index (χ1n) is 13.6. The van der Waals surface area contributed by atoms with Crippen molar-refractivity contribution in [2.75, 3.05) is 20.3 Å². The van der Waals surface area contributed by atoms with Gasteiger partial charge in [0.1, 0.15) is 29.3 Å². The summed E-state index contributed by atoms with van der Waals surface area (Å²) in [7, 11) is 1.44. The Hall–Kier alpha value is -3.94. The Morgan fingerprint density at radius 2 is 2.00 bits per heavy atom. The minimum absolute atomic E-state index is 0.0325. The molecule has 1 N–H and O–H groups in total. The first-order chi connectivity index (χ1) is 20.6. The number of nitrogens with zero attached hydrogens (tertiary/aromatic N) is 5. The van der Waals surface area contributed by atoms with Crippen molar-refractivity contribution >= 4 is 28.7 Å². The molecule has 2 aliphatic rings. The SMILES string of the molecule is COc1cc(Cl)ccc1COc1nc2c(cc1C(F)(F)F)CCN(Cc1nc3ccc(C(=O)O)nc3n1C[C@@H]1CCO1)C2. The Bertz CT molecular complexity index is 1690. The largest absolute Gasteiger partial charge is 0.496 e. The fraction of sp³-hybridized carbons (Fsp3) is 0.379. The van der Waals surface area contributed by atoms with E-state index < -0.39 is 23.6 Å². The van der Waals surface area contributed by atoms with Crippen LogP contribution in [0.2, 0.25) is 5.02 Å². The van der Waals surface area contributed by atoms with Crippen molar-refractivity contribution in [3.05, 3.63) is 75.3 Å². The highest BCUT2D eigenvalue weighted by atomic mass is 35.5. The van der Waals surface area contributed by atoms with Crippen LogP contribution in [0.3, 0.4) is 0 Å². The molecule has 226 valence electrons. The molecule has 0 unspecified atom stereocenters. The van der Waals surface area contributed by atoms with Crippen LogP contribution in [0.5, 0.6) is 11.6 Å². The van der Waals surface area contributed by atoms with Gasteiger partial charge in [-0.2, -0.15) is 13.2 Å². The van der Waals surface area contributed by atoms with Crippen molar-refractivity contribution in [3.63, 3.8) is 0 Å². The van der Waals surface area contributed by atoms with Crippen molar-refractivity contribution in [2.45, 2.75) is 51.4 Å². The number of ether oxygens (including phenoxy) is 3. The number of rotatable bonds is 9. The summed E-state index contributed by atoms with van der Waals surface area (Å²) >= 11 is 6.01. The lowest BCUT2D eigenvalue weighted by Gasteiger charge is -2.30. The molecule has 0 radical (unpaired) electrons. The molecule has 10 nitrogen and oxygen atoms in total. The van der Waals surface area contributed by atoms with Crippen LogP contribution in [-0.4, -0.2) is 61.9 Å². The van der Waals surface area contributed by atoms with Crippen LogP contribution in [0, 0.1) is 0 Å². The summed E-state index contributed by atoms with van der Waals surface area (Å²) < 4.78 is 60.5. The van der Waals surface area contributed by atoms with Crippen LogP contribution < -0.4 is 9.47 Å². The standard InChI is InChI=1S/C29H27ClF3N5O5/c1-41-24-11-18(30)3-2-17(24)15-43-27-20(29(31,32)33)10-16-6-8-37(13-23(16)36-27)14-25-34-21-4-5-22(28(39)40)35-26(21)38(25)12-19-7-9-42-19/h2-5,10-11,19H,6-9,12-15H2,1H3,(H,39,40)/t19-/m0/s1. The number of fused-ring (bicyclic) bond motifs is 2. The Labute approximate surface area is 249 Å². The molecular formula is C29H27ClF3N5O5. The lowest BCUT2D eigenvalue weighted by Crippen LogP contribution is -2.34. The predicted molar refractivity (Wildman–Crippen MR) is 148 cm³/mol. The number of hydrogen-bond donors (Lipinski definition) is 1. The van der Waals surface area contributed by atoms with E-state index in [1.54, 1.807) is 24.3 Å². The van der Waals surface area contributed by atoms with E-state index in [9.17, 15) is 23.1 Å². The quantitative estimate of drug-likeness (QED) is 0.273. The van der Waals surface area contributed by atoms with Gasteiger partial charge in [-0.1, -0.05) is 17.7 Å². The van der Waals surface area contributed by atoms with E-state index in [-0.39, 0.29) is 24.9 Å². The number of methoxy groups -OCH3 is 1. The summed E-state index contributed by atoms with van der Waals surface area (Å²) in [6, 6.07) is 8.95. The second-order valence-corrected chi connectivity index (χ2v) is 10.9. The molecule has 0 bridgehead atoms. The van der Waals surface area contributed by atoms with Gasteiger partial charge >= 0.3 is 12.1 Å². The second kappa shape index (κ2) is 11.6. The first kappa shape index (κ1) is 29.1. The number of carbonyl (C=O) groups is 1. The monoisotopic (exact) mass is 617 g/mol. The third-order valence-electron chi connectivity index (χ3n) is 7.58. The number of hydrogen-bond acceptors (Lipinski definition) is 8. The van der Waals surface area contributed by atoms with Gasteiger partial charge < -0.3 is 23.9 Å². The summed E-state index contributed by atoms with van der Waals surface area (Å²) in [5, 5.41) is 9.87. The molecule has 43 heavy (non-hydrogen) atoms. The summed E-state index contributed by atoms with van der Waals surface area (Å²) in [6.07, 6.45) is -3.47. The minimum Gasteiger partial charge on any atom is -0.496 e. The van der Waals surface area contributed by atoms with Crippen molar-refractivity contribution < 1.29 is 37.3 Å². The number of alkyl halides is 3. The fourth-order valence-corrected chi connectivity index (χ4v) is 5.40. The minimum atomic E-state index is -4.66. The summed E-state index contributed by atoms with van der Waals surface area (Å²) in [6.45, 7) is 2.02. The van der Waals surface area contributed by atoms with E-state index >= 15 is 0 Å². The number of aromatic nitrogens is 4. The lowest BCUT2D eigenvalue weighted by molar-refractivity contribution is -0.139. The van der Waals surface area contributed by atoms with Crippen LogP contribution >= 0.6 is 11.6 Å². The third kappa shape index (κ3) is 6.10. The smallest absolute Gasteiger partial charge is 0.421 e. The topological polar surface area (TPSA) is 112 Å². The fourth-order valence-electron chi connectivity index (χ4n) is 5.24. The number of halogens is 4. The van der Waals surface area contributed by atoms with Gasteiger partial charge in [0.2, 0.25) is 5.88 Å². The van der Waals surface area contributed by atoms with Crippen molar-refractivity contribution in [3.8, 4) is 11.6 Å². The number of carboxylic acid groups (broad SMARTS) is 1. The molecule has 0 saturated carbocycles. The van der Waals surface area contributed by atoms with Gasteiger partial charge in [-0.15, -0.1) is 0 Å². The Morgan fingerprint density at radius 1 is 1.19 bits per heavy atom. The summed E-state index contributed by atoms with van der Waals surface area (Å²) in [4.78, 5) is 27.0. The first-order valence-corrected chi connectivity index (χ1v) is 14.0. The van der Waals surface area contributed by atoms with E-state index in [1.807, 2.05) is 9.47 Å². The maximum absolute atomic E-state index is 14.0. The molecule has 0 amide bonds. The Balaban J connectivity index is 1.27. The highest BCUT2D eigenvalue weighted by Crippen LogP contribution is 2.38. The normalized spacial score (nSPS) is 17.0. The molecule has 1 saturated heterocycles. The van der Waals surface area contributed by atoms with Crippen LogP contribution in [0.1, 0.15) is 45.1 Å². The summed E-state index contributed by atoms with van der Waals surface area (Å²) in [5.74, 6) is -0.599. The molecule has 6 rings (SSSR count). The van der Waals surface area contributed by atoms with Gasteiger partial charge in [0.15, 0.2) is 11.3 Å². The van der Waals surface area contributed by atoms with Crippen LogP contribution in [0.4, 0.5) is 13.2 Å². The number of imidazole rings is 1. The van der Waals surface area contributed by atoms with Gasteiger partial charge in [-0.05, 0) is 48.7 Å². The average molecular weight is 618 g/mol. The predicted octanol–water partition coefficient (Wildman–Crippen LogP) is 5.13. The Morgan fingerprint density at radius 3 is 2.70 bits per heavy atom. The van der Waals surface area contributed by atoms with Gasteiger partial charge in [0.05, 0.1) is 32.0 Å². The molecular weight excluding hydrogens is 591 g/mol. The molecule has 5 heterocycles. The molecule has 1 atom stereocenters. The van der Waals surface area contributed by atoms with E-state index in [2.05, 4.69) is 9.97 Å². The number of benzene rings is 1. The second-order valence-electron chi connectivity index (χ2n) is 10.4. The highest BCUT2D eigenvalue weighted by molar-refractivity contribution is 6.30. The third-order valence-corrected chi connectivity index (χ3v) is 7.82. The van der Waals surface area contributed by atoms with Crippen molar-refractivity contribution in [2.24, 2.45) is 0 Å². The average Bonchev–Trinajstić information content (AvgIpc) is 3.28. The van der Waals surface area contributed by atoms with E-state index in [1.165, 1.54) is 13.2 Å². The summed E-state index contributed by atoms with van der Waals surface area (Å²) in [5.41, 5.74) is 1.49. The van der Waals surface area contributed by atoms with Gasteiger partial charge in [0, 0.05) is 30.3 Å². The van der Waals surface area contributed by atoms with E-state index in [4.69, 9.17) is 30.8 Å². The molecule has 1 fully saturated rings. The van der Waals surface area contributed by atoms with Gasteiger partial charge in [0.25, 0.3) is 0 Å². The van der Waals surface area contributed by atoms with Crippen molar-refractivity contribution in [1.29, 1.82) is 0 Å². The van der Waals surface area contributed by atoms with Crippen molar-refractivity contribution in [1.82, 2.24) is 24.4 Å². The zero-order chi connectivity index (χ0) is 30.3. The van der Waals surface area contributed by atoms with Crippen LogP contribution in [0.15, 0.2) is 36.4 Å². The van der Waals surface area contributed by atoms with Crippen LogP contribution in [0.25, 0.3) is 11.2 Å². The molecule has 4 aromatic rings. The van der Waals surface area contributed by atoms with Gasteiger partial charge in [-0.3, -0.25) is 4.90 Å². The number of pyridine rings is 2. The number of aromatic carboxylic acids is 1. The maximum Gasteiger partial charge on any atom is 0.421 e.